The molecule has 0 radical (unpaired) electrons. The smallest absolute Gasteiger partial charge is 0.234 e. The monoisotopic (exact) mass is 254 g/mol. The third-order valence-corrected chi connectivity index (χ3v) is 2.32. The van der Waals surface area contributed by atoms with Gasteiger partial charge >= 0.3 is 0 Å². The molecule has 2 aromatic rings. The van der Waals surface area contributed by atoms with Gasteiger partial charge in [0.15, 0.2) is 5.15 Å². The molecule has 0 amide bonds. The molecule has 0 unspecified atom stereocenters. The van der Waals surface area contributed by atoms with E-state index < -0.39 is 0 Å². The minimum atomic E-state index is 0.314. The number of benzene rings is 1. The quantitative estimate of drug-likeness (QED) is 0.843. The van der Waals surface area contributed by atoms with Gasteiger partial charge in [0.05, 0.1) is 12.4 Å². The summed E-state index contributed by atoms with van der Waals surface area (Å²) >= 11 is 11.4. The van der Waals surface area contributed by atoms with Crippen molar-refractivity contribution in [2.24, 2.45) is 0 Å². The summed E-state index contributed by atoms with van der Waals surface area (Å²) < 4.78 is 5.41. The van der Waals surface area contributed by atoms with Crippen LogP contribution in [0.3, 0.4) is 0 Å². The van der Waals surface area contributed by atoms with E-state index in [2.05, 4.69) is 9.97 Å². The van der Waals surface area contributed by atoms with E-state index in [1.807, 2.05) is 24.3 Å². The van der Waals surface area contributed by atoms with Crippen molar-refractivity contribution in [3.63, 3.8) is 0 Å². The van der Waals surface area contributed by atoms with Crippen LogP contribution in [-0.4, -0.2) is 9.97 Å². The maximum absolute atomic E-state index is 5.77. The lowest BCUT2D eigenvalue weighted by molar-refractivity contribution is 0.292. The molecule has 0 fully saturated rings. The van der Waals surface area contributed by atoms with Crippen molar-refractivity contribution in [2.75, 3.05) is 0 Å². The maximum Gasteiger partial charge on any atom is 0.234 e. The van der Waals surface area contributed by atoms with Crippen LogP contribution in [0.5, 0.6) is 5.88 Å². The minimum absolute atomic E-state index is 0.314. The fraction of sp³-hybridized carbons (Fsp3) is 0.0909. The molecular weight excluding hydrogens is 247 g/mol. The Labute approximate surface area is 103 Å². The molecule has 0 spiro atoms. The molecule has 0 N–H and O–H groups in total. The first-order valence-electron chi connectivity index (χ1n) is 4.59. The summed E-state index contributed by atoms with van der Waals surface area (Å²) in [7, 11) is 0. The summed E-state index contributed by atoms with van der Waals surface area (Å²) in [6, 6.07) is 7.40. The zero-order valence-electron chi connectivity index (χ0n) is 8.23. The lowest BCUT2D eigenvalue weighted by Crippen LogP contribution is -1.97. The predicted molar refractivity (Wildman–Crippen MR) is 62.8 cm³/mol. The normalized spacial score (nSPS) is 10.1. The molecule has 0 saturated carbocycles. The van der Waals surface area contributed by atoms with Crippen LogP contribution in [0.15, 0.2) is 36.7 Å². The number of hydrogen-bond donors (Lipinski definition) is 0. The molecular formula is C11H8Cl2N2O. The van der Waals surface area contributed by atoms with E-state index in [0.717, 1.165) is 5.56 Å². The van der Waals surface area contributed by atoms with Gasteiger partial charge in [-0.15, -0.1) is 0 Å². The third kappa shape index (κ3) is 3.08. The Bertz CT molecular complexity index is 474. The molecule has 1 aromatic carbocycles. The van der Waals surface area contributed by atoms with Crippen LogP contribution >= 0.6 is 23.2 Å². The molecule has 0 saturated heterocycles. The van der Waals surface area contributed by atoms with E-state index in [1.165, 1.54) is 12.4 Å². The number of ether oxygens (including phenoxy) is 1. The second kappa shape index (κ2) is 5.14. The van der Waals surface area contributed by atoms with E-state index in [4.69, 9.17) is 27.9 Å². The van der Waals surface area contributed by atoms with Crippen LogP contribution in [0.1, 0.15) is 5.56 Å². The fourth-order valence-corrected chi connectivity index (χ4v) is 1.40. The summed E-state index contributed by atoms with van der Waals surface area (Å²) in [5, 5.41) is 1.01. The summed E-state index contributed by atoms with van der Waals surface area (Å²) in [6.45, 7) is 0.409. The SMILES string of the molecule is Clc1ccc(COc2cncc(Cl)n2)cc1. The minimum Gasteiger partial charge on any atom is -0.472 e. The van der Waals surface area contributed by atoms with Crippen molar-refractivity contribution in [1.29, 1.82) is 0 Å². The molecule has 1 heterocycles. The Morgan fingerprint density at radius 2 is 1.81 bits per heavy atom. The van der Waals surface area contributed by atoms with Gasteiger partial charge in [0.25, 0.3) is 0 Å². The highest BCUT2D eigenvalue weighted by Crippen LogP contribution is 2.13. The topological polar surface area (TPSA) is 35.0 Å². The summed E-state index contributed by atoms with van der Waals surface area (Å²) in [4.78, 5) is 7.83. The van der Waals surface area contributed by atoms with Gasteiger partial charge in [-0.2, -0.15) is 4.98 Å². The Morgan fingerprint density at radius 1 is 1.06 bits per heavy atom. The van der Waals surface area contributed by atoms with Gasteiger partial charge in [0.1, 0.15) is 6.61 Å². The highest BCUT2D eigenvalue weighted by atomic mass is 35.5. The Morgan fingerprint density at radius 3 is 2.50 bits per heavy atom. The van der Waals surface area contributed by atoms with Crippen LogP contribution < -0.4 is 4.74 Å². The molecule has 3 nitrogen and oxygen atoms in total. The first kappa shape index (κ1) is 11.2. The van der Waals surface area contributed by atoms with Gasteiger partial charge in [-0.05, 0) is 17.7 Å². The molecule has 0 aliphatic rings. The zero-order chi connectivity index (χ0) is 11.4. The van der Waals surface area contributed by atoms with Crippen LogP contribution in [0, 0.1) is 0 Å². The molecule has 0 aliphatic carbocycles. The van der Waals surface area contributed by atoms with Gasteiger partial charge in [-0.25, -0.2) is 0 Å². The molecule has 0 atom stereocenters. The average Bonchev–Trinajstić information content (AvgIpc) is 2.28. The van der Waals surface area contributed by atoms with Gasteiger partial charge < -0.3 is 4.74 Å². The third-order valence-electron chi connectivity index (χ3n) is 1.88. The second-order valence-electron chi connectivity index (χ2n) is 3.10. The largest absolute Gasteiger partial charge is 0.472 e. The predicted octanol–water partition coefficient (Wildman–Crippen LogP) is 3.36. The maximum atomic E-state index is 5.77. The van der Waals surface area contributed by atoms with Crippen LogP contribution in [0.25, 0.3) is 0 Å². The van der Waals surface area contributed by atoms with E-state index in [1.54, 1.807) is 0 Å². The Balaban J connectivity index is 1.99. The van der Waals surface area contributed by atoms with Crippen LogP contribution in [0.2, 0.25) is 10.2 Å². The van der Waals surface area contributed by atoms with Gasteiger partial charge in [-0.1, -0.05) is 35.3 Å². The van der Waals surface area contributed by atoms with Crippen molar-refractivity contribution in [3.05, 3.63) is 52.4 Å². The van der Waals surface area contributed by atoms with Crippen molar-refractivity contribution in [3.8, 4) is 5.88 Å². The molecule has 0 aliphatic heterocycles. The molecule has 16 heavy (non-hydrogen) atoms. The fourth-order valence-electron chi connectivity index (χ4n) is 1.13. The van der Waals surface area contributed by atoms with Gasteiger partial charge in [-0.3, -0.25) is 4.98 Å². The molecule has 1 aromatic heterocycles. The second-order valence-corrected chi connectivity index (χ2v) is 3.92. The average molecular weight is 255 g/mol. The summed E-state index contributed by atoms with van der Waals surface area (Å²) in [6.07, 6.45) is 2.97. The number of hydrogen-bond acceptors (Lipinski definition) is 3. The van der Waals surface area contributed by atoms with E-state index >= 15 is 0 Å². The van der Waals surface area contributed by atoms with Crippen LogP contribution in [0.4, 0.5) is 0 Å². The van der Waals surface area contributed by atoms with Crippen molar-refractivity contribution >= 4 is 23.2 Å². The summed E-state index contributed by atoms with van der Waals surface area (Å²) in [5.74, 6) is 0.405. The molecule has 5 heteroatoms. The first-order chi connectivity index (χ1) is 7.74. The highest BCUT2D eigenvalue weighted by molar-refractivity contribution is 6.30. The lowest BCUT2D eigenvalue weighted by atomic mass is 10.2. The number of aromatic nitrogens is 2. The first-order valence-corrected chi connectivity index (χ1v) is 5.34. The van der Waals surface area contributed by atoms with E-state index in [0.29, 0.717) is 22.7 Å². The summed E-state index contributed by atoms with van der Waals surface area (Å²) in [5.41, 5.74) is 1.01. The number of halogens is 2. The standard InChI is InChI=1S/C11H8Cl2N2O/c12-9-3-1-8(2-4-9)7-16-11-6-14-5-10(13)15-11/h1-6H,7H2. The molecule has 2 rings (SSSR count). The van der Waals surface area contributed by atoms with Gasteiger partial charge in [0, 0.05) is 5.02 Å². The number of nitrogens with zero attached hydrogens (tertiary/aromatic N) is 2. The lowest BCUT2D eigenvalue weighted by Gasteiger charge is -2.04. The highest BCUT2D eigenvalue weighted by Gasteiger charge is 1.98. The van der Waals surface area contributed by atoms with Crippen molar-refractivity contribution < 1.29 is 4.74 Å². The number of rotatable bonds is 3. The van der Waals surface area contributed by atoms with E-state index in [9.17, 15) is 0 Å². The molecule has 0 bridgehead atoms. The molecule has 82 valence electrons. The Hall–Kier alpha value is -1.32. The van der Waals surface area contributed by atoms with Crippen molar-refractivity contribution in [1.82, 2.24) is 9.97 Å². The van der Waals surface area contributed by atoms with E-state index in [-0.39, 0.29) is 0 Å². The van der Waals surface area contributed by atoms with Gasteiger partial charge in [0.2, 0.25) is 5.88 Å². The van der Waals surface area contributed by atoms with Crippen LogP contribution in [-0.2, 0) is 6.61 Å². The zero-order valence-corrected chi connectivity index (χ0v) is 9.74. The van der Waals surface area contributed by atoms with Crippen molar-refractivity contribution in [2.45, 2.75) is 6.61 Å². The Kier molecular flexibility index (Phi) is 3.59.